The molecule has 0 radical (unpaired) electrons. The molecule has 112 valence electrons. The molecule has 0 fully saturated rings. The van der Waals surface area contributed by atoms with Crippen molar-refractivity contribution in [1.29, 1.82) is 0 Å². The van der Waals surface area contributed by atoms with Crippen LogP contribution >= 0.6 is 31.9 Å². The number of nitrogens with zero attached hydrogens (tertiary/aromatic N) is 1. The van der Waals surface area contributed by atoms with Crippen molar-refractivity contribution in [3.63, 3.8) is 0 Å². The summed E-state index contributed by atoms with van der Waals surface area (Å²) in [6, 6.07) is 5.71. The first kappa shape index (κ1) is 16.0. The van der Waals surface area contributed by atoms with Gasteiger partial charge in [-0.1, -0.05) is 37.0 Å². The van der Waals surface area contributed by atoms with Crippen LogP contribution in [-0.2, 0) is 17.6 Å². The van der Waals surface area contributed by atoms with Crippen molar-refractivity contribution in [2.75, 3.05) is 6.54 Å². The van der Waals surface area contributed by atoms with E-state index >= 15 is 0 Å². The maximum absolute atomic E-state index is 11.9. The first-order valence-corrected chi connectivity index (χ1v) is 7.88. The van der Waals surface area contributed by atoms with E-state index in [2.05, 4.69) is 51.8 Å². The number of amides is 1. The molecule has 2 rings (SSSR count). The fourth-order valence-electron chi connectivity index (χ4n) is 1.77. The Balaban J connectivity index is 1.74. The van der Waals surface area contributed by atoms with Crippen molar-refractivity contribution in [2.45, 2.75) is 19.3 Å². The number of aromatic nitrogens is 2. The van der Waals surface area contributed by atoms with Crippen LogP contribution in [0.5, 0.6) is 0 Å². The van der Waals surface area contributed by atoms with Gasteiger partial charge in [-0.05, 0) is 30.2 Å². The predicted molar refractivity (Wildman–Crippen MR) is 84.0 cm³/mol. The van der Waals surface area contributed by atoms with Gasteiger partial charge >= 0.3 is 5.76 Å². The lowest BCUT2D eigenvalue weighted by Gasteiger charge is -2.06. The van der Waals surface area contributed by atoms with Gasteiger partial charge in [-0.3, -0.25) is 14.3 Å². The zero-order valence-electron chi connectivity index (χ0n) is 11.0. The molecule has 0 aliphatic heterocycles. The molecule has 6 nitrogen and oxygen atoms in total. The maximum Gasteiger partial charge on any atom is 0.438 e. The minimum atomic E-state index is -0.562. The molecule has 0 atom stereocenters. The minimum absolute atomic E-state index is 0.0533. The third-order valence-corrected chi connectivity index (χ3v) is 4.02. The second-order valence-electron chi connectivity index (χ2n) is 4.41. The summed E-state index contributed by atoms with van der Waals surface area (Å²) in [6.07, 6.45) is 1.53. The van der Waals surface area contributed by atoms with E-state index in [4.69, 9.17) is 0 Å². The predicted octanol–water partition coefficient (Wildman–Crippen LogP) is 2.18. The van der Waals surface area contributed by atoms with Gasteiger partial charge in [-0.2, -0.15) is 0 Å². The topological polar surface area (TPSA) is 88.0 Å². The van der Waals surface area contributed by atoms with Crippen LogP contribution in [0.1, 0.15) is 17.8 Å². The van der Waals surface area contributed by atoms with E-state index in [0.717, 1.165) is 14.5 Å². The second-order valence-corrected chi connectivity index (χ2v) is 6.18. The van der Waals surface area contributed by atoms with Crippen molar-refractivity contribution >= 4 is 37.8 Å². The molecule has 1 aromatic carbocycles. The number of nitrogens with one attached hydrogen (secondary N) is 2. The first-order valence-electron chi connectivity index (χ1n) is 6.30. The Hall–Kier alpha value is -1.41. The highest BCUT2D eigenvalue weighted by molar-refractivity contribution is 9.11. The number of aromatic amines is 1. The lowest BCUT2D eigenvalue weighted by molar-refractivity contribution is -0.120. The van der Waals surface area contributed by atoms with Gasteiger partial charge < -0.3 is 5.32 Å². The highest BCUT2D eigenvalue weighted by atomic mass is 79.9. The summed E-state index contributed by atoms with van der Waals surface area (Å²) in [5, 5.41) is 6.38. The molecular formula is C13H13Br2N3O3. The summed E-state index contributed by atoms with van der Waals surface area (Å²) in [4.78, 5) is 25.0. The standard InChI is InChI=1S/C13H13Br2N3O3/c14-9-3-4-10(15)8(6-9)7-12(19)16-5-1-2-11-17-13(20)21-18-11/h3-4,6H,1-2,5,7H2,(H,16,19)(H,17,18,20). The van der Waals surface area contributed by atoms with Gasteiger partial charge in [-0.15, -0.1) is 0 Å². The van der Waals surface area contributed by atoms with Crippen LogP contribution in [0, 0.1) is 0 Å². The minimum Gasteiger partial charge on any atom is -0.356 e. The van der Waals surface area contributed by atoms with Crippen molar-refractivity contribution in [3.05, 3.63) is 49.1 Å². The van der Waals surface area contributed by atoms with Crippen LogP contribution in [0.2, 0.25) is 0 Å². The average Bonchev–Trinajstić information content (AvgIpc) is 2.85. The number of H-pyrrole nitrogens is 1. The van der Waals surface area contributed by atoms with Crippen LogP contribution in [0.4, 0.5) is 0 Å². The summed E-state index contributed by atoms with van der Waals surface area (Å²) >= 11 is 6.80. The van der Waals surface area contributed by atoms with E-state index in [9.17, 15) is 9.59 Å². The summed E-state index contributed by atoms with van der Waals surface area (Å²) in [5.74, 6) is -0.125. The van der Waals surface area contributed by atoms with Gasteiger partial charge in [0.2, 0.25) is 5.91 Å². The molecule has 0 saturated heterocycles. The van der Waals surface area contributed by atoms with E-state index < -0.39 is 5.76 Å². The Morgan fingerprint density at radius 3 is 2.90 bits per heavy atom. The number of hydrogen-bond donors (Lipinski definition) is 2. The smallest absolute Gasteiger partial charge is 0.356 e. The Morgan fingerprint density at radius 1 is 1.38 bits per heavy atom. The van der Waals surface area contributed by atoms with Gasteiger partial charge in [0, 0.05) is 21.9 Å². The average molecular weight is 419 g/mol. The Morgan fingerprint density at radius 2 is 2.19 bits per heavy atom. The number of halogens is 2. The molecule has 0 spiro atoms. The van der Waals surface area contributed by atoms with Crippen LogP contribution in [0.3, 0.4) is 0 Å². The highest BCUT2D eigenvalue weighted by Crippen LogP contribution is 2.21. The lowest BCUT2D eigenvalue weighted by atomic mass is 10.1. The first-order chi connectivity index (χ1) is 10.0. The van der Waals surface area contributed by atoms with Crippen LogP contribution < -0.4 is 11.1 Å². The number of rotatable bonds is 6. The molecule has 2 N–H and O–H groups in total. The fraction of sp³-hybridized carbons (Fsp3) is 0.308. The summed E-state index contributed by atoms with van der Waals surface area (Å²) in [7, 11) is 0. The van der Waals surface area contributed by atoms with E-state index in [1.165, 1.54) is 0 Å². The summed E-state index contributed by atoms with van der Waals surface area (Å²) < 4.78 is 6.23. The maximum atomic E-state index is 11.9. The fourth-order valence-corrected chi connectivity index (χ4v) is 2.56. The van der Waals surface area contributed by atoms with Gasteiger partial charge in [-0.25, -0.2) is 4.79 Å². The Labute approximate surface area is 137 Å². The molecule has 0 bridgehead atoms. The zero-order chi connectivity index (χ0) is 15.2. The van der Waals surface area contributed by atoms with Crippen LogP contribution in [0.15, 0.2) is 36.5 Å². The molecule has 21 heavy (non-hydrogen) atoms. The van der Waals surface area contributed by atoms with Gasteiger partial charge in [0.1, 0.15) is 0 Å². The summed E-state index contributed by atoms with van der Waals surface area (Å²) in [6.45, 7) is 0.513. The van der Waals surface area contributed by atoms with Gasteiger partial charge in [0.25, 0.3) is 0 Å². The van der Waals surface area contributed by atoms with E-state index in [1.807, 2.05) is 18.2 Å². The molecule has 1 amide bonds. The molecule has 0 aliphatic carbocycles. The van der Waals surface area contributed by atoms with Crippen LogP contribution in [0.25, 0.3) is 0 Å². The summed E-state index contributed by atoms with van der Waals surface area (Å²) in [5.41, 5.74) is 0.919. The number of benzene rings is 1. The number of hydrogen-bond acceptors (Lipinski definition) is 4. The zero-order valence-corrected chi connectivity index (χ0v) is 14.2. The third-order valence-electron chi connectivity index (χ3n) is 2.76. The quantitative estimate of drug-likeness (QED) is 0.703. The molecule has 8 heteroatoms. The van der Waals surface area contributed by atoms with E-state index in [0.29, 0.717) is 31.6 Å². The highest BCUT2D eigenvalue weighted by Gasteiger charge is 2.07. The lowest BCUT2D eigenvalue weighted by Crippen LogP contribution is -2.26. The molecule has 0 aliphatic rings. The van der Waals surface area contributed by atoms with Crippen molar-refractivity contribution < 1.29 is 9.32 Å². The molecule has 0 saturated carbocycles. The van der Waals surface area contributed by atoms with Gasteiger partial charge in [0.05, 0.1) is 6.42 Å². The molecule has 2 aromatic rings. The molecular weight excluding hydrogens is 406 g/mol. The SMILES string of the molecule is O=C(Cc1cc(Br)ccc1Br)NCCCc1noc(=O)[nH]1. The van der Waals surface area contributed by atoms with Crippen molar-refractivity contribution in [2.24, 2.45) is 0 Å². The number of aryl methyl sites for hydroxylation is 1. The largest absolute Gasteiger partial charge is 0.438 e. The Kier molecular flexibility index (Phi) is 5.75. The molecule has 0 unspecified atom stereocenters. The number of carbonyl (C=O) groups excluding carboxylic acids is 1. The van der Waals surface area contributed by atoms with Gasteiger partial charge in [0.15, 0.2) is 5.82 Å². The van der Waals surface area contributed by atoms with Crippen molar-refractivity contribution in [1.82, 2.24) is 15.5 Å². The normalized spacial score (nSPS) is 10.6. The van der Waals surface area contributed by atoms with E-state index in [1.54, 1.807) is 0 Å². The van der Waals surface area contributed by atoms with E-state index in [-0.39, 0.29) is 5.91 Å². The van der Waals surface area contributed by atoms with Crippen molar-refractivity contribution in [3.8, 4) is 0 Å². The molecule has 1 heterocycles. The molecule has 1 aromatic heterocycles. The number of carbonyl (C=O) groups is 1. The monoisotopic (exact) mass is 417 g/mol. The third kappa shape index (κ3) is 5.13. The second kappa shape index (κ2) is 7.56. The van der Waals surface area contributed by atoms with Crippen LogP contribution in [-0.4, -0.2) is 22.6 Å². The Bertz CT molecular complexity index is 681.